The number of aliphatic imine (C=N–C) groups is 1. The maximum Gasteiger partial charge on any atom is 0.323 e. The Hall–Kier alpha value is -1.40. The van der Waals surface area contributed by atoms with Gasteiger partial charge in [0.1, 0.15) is 5.75 Å². The number of aryl methyl sites for hydroxylation is 2. The Bertz CT molecular complexity index is 525. The Balaban J connectivity index is 1.79. The third kappa shape index (κ3) is 4.05. The molecule has 1 aromatic rings. The van der Waals surface area contributed by atoms with Crippen LogP contribution >= 0.6 is 23.4 Å². The van der Waals surface area contributed by atoms with Crippen LogP contribution in [0.1, 0.15) is 11.1 Å². The number of hydrogen-bond donors (Lipinski definition) is 2. The molecule has 20 heavy (non-hydrogen) atoms. The average Bonchev–Trinajstić information content (AvgIpc) is 2.88. The van der Waals surface area contributed by atoms with E-state index in [1.807, 2.05) is 26.0 Å². The Morgan fingerprint density at radius 2 is 2.15 bits per heavy atom. The minimum Gasteiger partial charge on any atom is -0.473 e. The van der Waals surface area contributed by atoms with Crippen LogP contribution in [-0.2, 0) is 0 Å². The van der Waals surface area contributed by atoms with Crippen molar-refractivity contribution in [1.82, 2.24) is 10.6 Å². The molecule has 2 amide bonds. The van der Waals surface area contributed by atoms with Crippen LogP contribution in [0.25, 0.3) is 0 Å². The first kappa shape index (κ1) is 15.0. The van der Waals surface area contributed by atoms with Gasteiger partial charge in [0.15, 0.2) is 11.9 Å². The van der Waals surface area contributed by atoms with Gasteiger partial charge in [-0.1, -0.05) is 23.4 Å². The van der Waals surface area contributed by atoms with Crippen LogP contribution in [0.2, 0.25) is 5.02 Å². The molecule has 2 rings (SSSR count). The number of nitrogens with one attached hydrogen (secondary N) is 2. The molecule has 0 saturated carbocycles. The Morgan fingerprint density at radius 1 is 1.45 bits per heavy atom. The second kappa shape index (κ2) is 6.85. The minimum atomic E-state index is -0.319. The summed E-state index contributed by atoms with van der Waals surface area (Å²) in [4.78, 5) is 15.7. The fourth-order valence-electron chi connectivity index (χ4n) is 1.73. The van der Waals surface area contributed by atoms with Gasteiger partial charge in [-0.2, -0.15) is 0 Å². The lowest BCUT2D eigenvalue weighted by Crippen LogP contribution is -2.39. The summed E-state index contributed by atoms with van der Waals surface area (Å²) in [5.74, 6) is 1.59. The number of benzene rings is 1. The van der Waals surface area contributed by atoms with Gasteiger partial charge < -0.3 is 10.1 Å². The van der Waals surface area contributed by atoms with Crippen LogP contribution in [0.5, 0.6) is 5.75 Å². The number of nitrogens with zero attached hydrogens (tertiary/aromatic N) is 1. The molecule has 0 bridgehead atoms. The zero-order valence-electron chi connectivity index (χ0n) is 11.3. The van der Waals surface area contributed by atoms with Gasteiger partial charge >= 0.3 is 6.03 Å². The number of urea groups is 1. The highest BCUT2D eigenvalue weighted by Gasteiger charge is 2.10. The summed E-state index contributed by atoms with van der Waals surface area (Å²) < 4.78 is 5.48. The van der Waals surface area contributed by atoms with Crippen molar-refractivity contribution in [3.63, 3.8) is 0 Å². The number of carbonyl (C=O) groups excluding carboxylic acids is 1. The molecular weight excluding hydrogens is 298 g/mol. The molecule has 7 heteroatoms. The molecule has 1 aliphatic heterocycles. The van der Waals surface area contributed by atoms with Crippen LogP contribution in [0.4, 0.5) is 4.79 Å². The maximum absolute atomic E-state index is 11.6. The fourth-order valence-corrected chi connectivity index (χ4v) is 2.56. The molecule has 1 aromatic carbocycles. The summed E-state index contributed by atoms with van der Waals surface area (Å²) in [5, 5.41) is 6.66. The van der Waals surface area contributed by atoms with Crippen LogP contribution in [-0.4, -0.2) is 30.2 Å². The zero-order chi connectivity index (χ0) is 14.5. The molecule has 1 aliphatic rings. The molecule has 0 fully saturated rings. The zero-order valence-corrected chi connectivity index (χ0v) is 12.9. The van der Waals surface area contributed by atoms with Crippen molar-refractivity contribution in [2.24, 2.45) is 4.99 Å². The second-order valence-corrected chi connectivity index (χ2v) is 5.79. The summed E-state index contributed by atoms with van der Waals surface area (Å²) in [6.45, 7) is 4.67. The van der Waals surface area contributed by atoms with Crippen molar-refractivity contribution in [2.45, 2.75) is 13.8 Å². The van der Waals surface area contributed by atoms with E-state index in [0.29, 0.717) is 10.9 Å². The SMILES string of the molecule is Cc1cc(OCNC(=O)NC2=NCCS2)cc(C)c1Cl. The van der Waals surface area contributed by atoms with Crippen LogP contribution in [0.15, 0.2) is 17.1 Å². The highest BCUT2D eigenvalue weighted by molar-refractivity contribution is 8.14. The quantitative estimate of drug-likeness (QED) is 0.843. The van der Waals surface area contributed by atoms with Crippen LogP contribution < -0.4 is 15.4 Å². The number of halogens is 1. The third-order valence-corrected chi connectivity index (χ3v) is 4.17. The van der Waals surface area contributed by atoms with E-state index >= 15 is 0 Å². The van der Waals surface area contributed by atoms with Gasteiger partial charge in [-0.05, 0) is 37.1 Å². The Morgan fingerprint density at radius 3 is 2.75 bits per heavy atom. The van der Waals surface area contributed by atoms with Crippen molar-refractivity contribution in [2.75, 3.05) is 19.0 Å². The molecule has 0 radical (unpaired) electrons. The highest BCUT2D eigenvalue weighted by atomic mass is 35.5. The molecule has 0 saturated heterocycles. The molecule has 0 unspecified atom stereocenters. The minimum absolute atomic E-state index is 0.0876. The van der Waals surface area contributed by atoms with Crippen LogP contribution in [0, 0.1) is 13.8 Å². The molecule has 5 nitrogen and oxygen atoms in total. The van der Waals surface area contributed by atoms with E-state index in [0.717, 1.165) is 28.4 Å². The van der Waals surface area contributed by atoms with Gasteiger partial charge in [-0.3, -0.25) is 10.3 Å². The summed E-state index contributed by atoms with van der Waals surface area (Å²) >= 11 is 7.61. The second-order valence-electron chi connectivity index (χ2n) is 4.33. The fraction of sp³-hybridized carbons (Fsp3) is 0.385. The summed E-state index contributed by atoms with van der Waals surface area (Å²) in [5.41, 5.74) is 1.89. The smallest absolute Gasteiger partial charge is 0.323 e. The maximum atomic E-state index is 11.6. The molecule has 0 spiro atoms. The number of carbonyl (C=O) groups is 1. The van der Waals surface area contributed by atoms with Crippen LogP contribution in [0.3, 0.4) is 0 Å². The monoisotopic (exact) mass is 313 g/mol. The molecule has 0 atom stereocenters. The summed E-state index contributed by atoms with van der Waals surface area (Å²) in [6.07, 6.45) is 0. The predicted molar refractivity (Wildman–Crippen MR) is 82.8 cm³/mol. The topological polar surface area (TPSA) is 62.7 Å². The lowest BCUT2D eigenvalue weighted by atomic mass is 10.1. The van der Waals surface area contributed by atoms with Crippen molar-refractivity contribution in [1.29, 1.82) is 0 Å². The first-order valence-corrected chi connectivity index (χ1v) is 7.54. The first-order valence-electron chi connectivity index (χ1n) is 6.18. The highest BCUT2D eigenvalue weighted by Crippen LogP contribution is 2.25. The van der Waals surface area contributed by atoms with Crippen molar-refractivity contribution >= 4 is 34.6 Å². The largest absolute Gasteiger partial charge is 0.473 e. The van der Waals surface area contributed by atoms with Crippen molar-refractivity contribution in [3.8, 4) is 5.75 Å². The molecule has 0 aliphatic carbocycles. The van der Waals surface area contributed by atoms with Gasteiger partial charge in [0.2, 0.25) is 0 Å². The Kier molecular flexibility index (Phi) is 5.14. The normalized spacial score (nSPS) is 13.8. The molecule has 108 valence electrons. The number of amidine groups is 1. The van der Waals surface area contributed by atoms with Gasteiger partial charge in [-0.15, -0.1) is 0 Å². The van der Waals surface area contributed by atoms with E-state index in [1.165, 1.54) is 11.8 Å². The number of hydrogen-bond acceptors (Lipinski definition) is 4. The first-order chi connectivity index (χ1) is 9.56. The molecular formula is C13H16ClN3O2S. The third-order valence-electron chi connectivity index (χ3n) is 2.69. The van der Waals surface area contributed by atoms with Gasteiger partial charge in [0.25, 0.3) is 0 Å². The summed E-state index contributed by atoms with van der Waals surface area (Å²) in [7, 11) is 0. The number of ether oxygens (including phenoxy) is 1. The van der Waals surface area contributed by atoms with E-state index in [1.54, 1.807) is 0 Å². The standard InChI is InChI=1S/C13H16ClN3O2S/c1-8-5-10(6-9(2)11(8)14)19-7-16-12(18)17-13-15-3-4-20-13/h5-6H,3-4,7H2,1-2H3,(H2,15,16,17,18). The molecule has 1 heterocycles. The number of thioether (sulfide) groups is 1. The van der Waals surface area contributed by atoms with E-state index in [2.05, 4.69) is 15.6 Å². The van der Waals surface area contributed by atoms with E-state index in [4.69, 9.17) is 16.3 Å². The van der Waals surface area contributed by atoms with E-state index in [-0.39, 0.29) is 12.8 Å². The van der Waals surface area contributed by atoms with E-state index < -0.39 is 0 Å². The van der Waals surface area contributed by atoms with Gasteiger partial charge in [-0.25, -0.2) is 4.79 Å². The van der Waals surface area contributed by atoms with Gasteiger partial charge in [0.05, 0.1) is 6.54 Å². The predicted octanol–water partition coefficient (Wildman–Crippen LogP) is 2.70. The molecule has 0 aromatic heterocycles. The molecule has 2 N–H and O–H groups in total. The number of amides is 2. The van der Waals surface area contributed by atoms with Crippen molar-refractivity contribution < 1.29 is 9.53 Å². The lowest BCUT2D eigenvalue weighted by Gasteiger charge is -2.11. The lowest BCUT2D eigenvalue weighted by molar-refractivity contribution is 0.228. The Labute approximate surface area is 127 Å². The van der Waals surface area contributed by atoms with E-state index in [9.17, 15) is 4.79 Å². The summed E-state index contributed by atoms with van der Waals surface area (Å²) in [6, 6.07) is 3.36. The number of rotatable bonds is 3. The average molecular weight is 314 g/mol. The van der Waals surface area contributed by atoms with Gasteiger partial charge in [0, 0.05) is 10.8 Å². The van der Waals surface area contributed by atoms with Crippen molar-refractivity contribution in [3.05, 3.63) is 28.3 Å².